The lowest BCUT2D eigenvalue weighted by Crippen LogP contribution is -2.24. The summed E-state index contributed by atoms with van der Waals surface area (Å²) in [5.74, 6) is 1.89. The van der Waals surface area contributed by atoms with E-state index in [1.54, 1.807) is 0 Å². The molecular formula is C17H26BrNO. The SMILES string of the molecule is CCCOc1ccc(Br)cc1CNCC1CCCCC1. The molecule has 0 saturated heterocycles. The van der Waals surface area contributed by atoms with E-state index in [0.29, 0.717) is 0 Å². The molecule has 0 heterocycles. The summed E-state index contributed by atoms with van der Waals surface area (Å²) < 4.78 is 6.94. The average molecular weight is 340 g/mol. The summed E-state index contributed by atoms with van der Waals surface area (Å²) in [6.07, 6.45) is 8.08. The van der Waals surface area contributed by atoms with Crippen molar-refractivity contribution in [2.45, 2.75) is 52.0 Å². The fraction of sp³-hybridized carbons (Fsp3) is 0.647. The monoisotopic (exact) mass is 339 g/mol. The molecule has 0 spiro atoms. The lowest BCUT2D eigenvalue weighted by atomic mass is 9.89. The van der Waals surface area contributed by atoms with Crippen LogP contribution in [0.3, 0.4) is 0 Å². The summed E-state index contributed by atoms with van der Waals surface area (Å²) in [5.41, 5.74) is 1.25. The number of hydrogen-bond donors (Lipinski definition) is 1. The standard InChI is InChI=1S/C17H26BrNO/c1-2-10-20-17-9-8-16(18)11-15(17)13-19-12-14-6-4-3-5-7-14/h8-9,11,14,19H,2-7,10,12-13H2,1H3. The Balaban J connectivity index is 1.85. The number of nitrogens with one attached hydrogen (secondary N) is 1. The van der Waals surface area contributed by atoms with Crippen LogP contribution in [-0.2, 0) is 6.54 Å². The summed E-state index contributed by atoms with van der Waals surface area (Å²) in [7, 11) is 0. The molecule has 1 aromatic carbocycles. The molecule has 112 valence electrons. The van der Waals surface area contributed by atoms with E-state index >= 15 is 0 Å². The van der Waals surface area contributed by atoms with Crippen LogP contribution >= 0.6 is 15.9 Å². The Morgan fingerprint density at radius 2 is 2.05 bits per heavy atom. The van der Waals surface area contributed by atoms with Gasteiger partial charge in [0, 0.05) is 16.6 Å². The van der Waals surface area contributed by atoms with Gasteiger partial charge < -0.3 is 10.1 Å². The van der Waals surface area contributed by atoms with Gasteiger partial charge in [-0.3, -0.25) is 0 Å². The van der Waals surface area contributed by atoms with E-state index in [4.69, 9.17) is 4.74 Å². The minimum atomic E-state index is 0.789. The summed E-state index contributed by atoms with van der Waals surface area (Å²) in [6, 6.07) is 6.28. The maximum atomic E-state index is 5.82. The molecule has 1 N–H and O–H groups in total. The van der Waals surface area contributed by atoms with Crippen molar-refractivity contribution in [2.75, 3.05) is 13.2 Å². The molecule has 0 bridgehead atoms. The van der Waals surface area contributed by atoms with E-state index in [0.717, 1.165) is 42.3 Å². The predicted molar refractivity (Wildman–Crippen MR) is 88.2 cm³/mol. The van der Waals surface area contributed by atoms with Crippen molar-refractivity contribution in [1.29, 1.82) is 0 Å². The number of ether oxygens (including phenoxy) is 1. The highest BCUT2D eigenvalue weighted by Crippen LogP contribution is 2.25. The van der Waals surface area contributed by atoms with Crippen LogP contribution in [0.4, 0.5) is 0 Å². The van der Waals surface area contributed by atoms with Crippen LogP contribution in [0.2, 0.25) is 0 Å². The number of rotatable bonds is 7. The molecular weight excluding hydrogens is 314 g/mol. The molecule has 1 saturated carbocycles. The number of halogens is 1. The van der Waals surface area contributed by atoms with Gasteiger partial charge in [0.25, 0.3) is 0 Å². The molecule has 0 radical (unpaired) electrons. The molecule has 0 aliphatic heterocycles. The smallest absolute Gasteiger partial charge is 0.123 e. The van der Waals surface area contributed by atoms with E-state index in [1.165, 1.54) is 37.7 Å². The molecule has 0 aromatic heterocycles. The average Bonchev–Trinajstić information content (AvgIpc) is 2.47. The summed E-state index contributed by atoms with van der Waals surface area (Å²) in [6.45, 7) is 4.96. The molecule has 1 aliphatic rings. The van der Waals surface area contributed by atoms with Gasteiger partial charge in [0.15, 0.2) is 0 Å². The van der Waals surface area contributed by atoms with Gasteiger partial charge in [0.05, 0.1) is 6.61 Å². The van der Waals surface area contributed by atoms with Gasteiger partial charge in [-0.15, -0.1) is 0 Å². The van der Waals surface area contributed by atoms with Crippen molar-refractivity contribution in [2.24, 2.45) is 5.92 Å². The Labute approximate surface area is 131 Å². The first-order valence-corrected chi connectivity index (χ1v) is 8.71. The quantitative estimate of drug-likeness (QED) is 0.762. The predicted octanol–water partition coefficient (Wildman–Crippen LogP) is 4.91. The van der Waals surface area contributed by atoms with Gasteiger partial charge in [-0.2, -0.15) is 0 Å². The highest BCUT2D eigenvalue weighted by molar-refractivity contribution is 9.10. The van der Waals surface area contributed by atoms with Crippen molar-refractivity contribution in [1.82, 2.24) is 5.32 Å². The zero-order valence-electron chi connectivity index (χ0n) is 12.5. The second-order valence-corrected chi connectivity index (χ2v) is 6.65. The number of hydrogen-bond acceptors (Lipinski definition) is 2. The second kappa shape index (κ2) is 8.68. The minimum Gasteiger partial charge on any atom is -0.493 e. The molecule has 20 heavy (non-hydrogen) atoms. The van der Waals surface area contributed by atoms with Gasteiger partial charge in [-0.05, 0) is 49.9 Å². The van der Waals surface area contributed by atoms with E-state index in [9.17, 15) is 0 Å². The van der Waals surface area contributed by atoms with Gasteiger partial charge in [0.2, 0.25) is 0 Å². The third kappa shape index (κ3) is 5.10. The number of benzene rings is 1. The van der Waals surface area contributed by atoms with Crippen LogP contribution in [0.25, 0.3) is 0 Å². The molecule has 0 amide bonds. The van der Waals surface area contributed by atoms with Crippen LogP contribution in [0.1, 0.15) is 51.0 Å². The first-order valence-electron chi connectivity index (χ1n) is 7.91. The van der Waals surface area contributed by atoms with Crippen LogP contribution in [-0.4, -0.2) is 13.2 Å². The molecule has 1 aromatic rings. The summed E-state index contributed by atoms with van der Waals surface area (Å²) >= 11 is 3.55. The van der Waals surface area contributed by atoms with Crippen LogP contribution in [0.5, 0.6) is 5.75 Å². The molecule has 3 heteroatoms. The Kier molecular flexibility index (Phi) is 6.88. The normalized spacial score (nSPS) is 16.3. The zero-order chi connectivity index (χ0) is 14.2. The zero-order valence-corrected chi connectivity index (χ0v) is 14.0. The largest absolute Gasteiger partial charge is 0.493 e. The first kappa shape index (κ1) is 15.8. The van der Waals surface area contributed by atoms with E-state index < -0.39 is 0 Å². The third-order valence-electron chi connectivity index (χ3n) is 3.96. The van der Waals surface area contributed by atoms with E-state index in [2.05, 4.69) is 46.4 Å². The fourth-order valence-corrected chi connectivity index (χ4v) is 3.25. The van der Waals surface area contributed by atoms with Gasteiger partial charge >= 0.3 is 0 Å². The molecule has 2 rings (SSSR count). The molecule has 2 nitrogen and oxygen atoms in total. The molecule has 0 atom stereocenters. The highest BCUT2D eigenvalue weighted by atomic mass is 79.9. The fourth-order valence-electron chi connectivity index (χ4n) is 2.84. The second-order valence-electron chi connectivity index (χ2n) is 5.74. The Hall–Kier alpha value is -0.540. The van der Waals surface area contributed by atoms with Gasteiger partial charge in [-0.1, -0.05) is 42.1 Å². The lowest BCUT2D eigenvalue weighted by molar-refractivity contribution is 0.310. The summed E-state index contributed by atoms with van der Waals surface area (Å²) in [5, 5.41) is 3.61. The lowest BCUT2D eigenvalue weighted by Gasteiger charge is -2.22. The Morgan fingerprint density at radius 3 is 2.80 bits per heavy atom. The molecule has 0 unspecified atom stereocenters. The van der Waals surface area contributed by atoms with Crippen molar-refractivity contribution >= 4 is 15.9 Å². The maximum Gasteiger partial charge on any atom is 0.123 e. The summed E-state index contributed by atoms with van der Waals surface area (Å²) in [4.78, 5) is 0. The van der Waals surface area contributed by atoms with Crippen molar-refractivity contribution in [3.05, 3.63) is 28.2 Å². The van der Waals surface area contributed by atoms with E-state index in [-0.39, 0.29) is 0 Å². The van der Waals surface area contributed by atoms with Crippen LogP contribution in [0.15, 0.2) is 22.7 Å². The molecule has 1 fully saturated rings. The highest BCUT2D eigenvalue weighted by Gasteiger charge is 2.13. The van der Waals surface area contributed by atoms with Gasteiger partial charge in [-0.25, -0.2) is 0 Å². The maximum absolute atomic E-state index is 5.82. The third-order valence-corrected chi connectivity index (χ3v) is 4.45. The van der Waals surface area contributed by atoms with Crippen LogP contribution in [0, 0.1) is 5.92 Å². The van der Waals surface area contributed by atoms with E-state index in [1.807, 2.05) is 0 Å². The Bertz CT molecular complexity index is 402. The van der Waals surface area contributed by atoms with Crippen LogP contribution < -0.4 is 10.1 Å². The Morgan fingerprint density at radius 1 is 1.25 bits per heavy atom. The van der Waals surface area contributed by atoms with Crippen molar-refractivity contribution < 1.29 is 4.74 Å². The first-order chi connectivity index (χ1) is 9.79. The van der Waals surface area contributed by atoms with Gasteiger partial charge in [0.1, 0.15) is 5.75 Å². The minimum absolute atomic E-state index is 0.789. The van der Waals surface area contributed by atoms with Crippen molar-refractivity contribution in [3.63, 3.8) is 0 Å². The molecule has 1 aliphatic carbocycles. The topological polar surface area (TPSA) is 21.3 Å². The van der Waals surface area contributed by atoms with Crippen molar-refractivity contribution in [3.8, 4) is 5.75 Å².